The Morgan fingerprint density at radius 2 is 1.72 bits per heavy atom. The van der Waals surface area contributed by atoms with Gasteiger partial charge in [-0.1, -0.05) is 87.2 Å². The van der Waals surface area contributed by atoms with Crippen molar-refractivity contribution in [3.05, 3.63) is 70.8 Å². The Hall–Kier alpha value is -1.89. The van der Waals surface area contributed by atoms with Crippen LogP contribution in [-0.4, -0.2) is 5.78 Å². The summed E-state index contributed by atoms with van der Waals surface area (Å²) in [5, 5.41) is 0. The van der Waals surface area contributed by atoms with E-state index in [4.69, 9.17) is 0 Å². The van der Waals surface area contributed by atoms with E-state index in [0.717, 1.165) is 18.4 Å². The first-order chi connectivity index (χ1) is 12.1. The Balaban J connectivity index is 1.95. The van der Waals surface area contributed by atoms with Crippen molar-refractivity contribution in [3.63, 3.8) is 0 Å². The fourth-order valence-electron chi connectivity index (χ4n) is 3.38. The Kier molecular flexibility index (Phi) is 7.91. The van der Waals surface area contributed by atoms with Crippen molar-refractivity contribution >= 4 is 5.78 Å². The number of rotatable bonds is 10. The van der Waals surface area contributed by atoms with Gasteiger partial charge in [-0.25, -0.2) is 0 Å². The number of aryl methyl sites for hydroxylation is 2. The number of hydrogen-bond acceptors (Lipinski definition) is 1. The smallest absolute Gasteiger partial charge is 0.163 e. The van der Waals surface area contributed by atoms with Crippen molar-refractivity contribution < 1.29 is 4.79 Å². The zero-order valence-corrected chi connectivity index (χ0v) is 16.1. The van der Waals surface area contributed by atoms with E-state index >= 15 is 0 Å². The van der Waals surface area contributed by atoms with Crippen molar-refractivity contribution in [1.29, 1.82) is 0 Å². The number of hydrogen-bond donors (Lipinski definition) is 0. The number of carbonyl (C=O) groups excluding carboxylic acids is 1. The molecule has 1 heteroatoms. The lowest BCUT2D eigenvalue weighted by atomic mass is 9.88. The van der Waals surface area contributed by atoms with Crippen molar-refractivity contribution in [3.8, 4) is 0 Å². The van der Waals surface area contributed by atoms with Crippen LogP contribution in [0.1, 0.15) is 85.3 Å². The maximum absolute atomic E-state index is 12.7. The van der Waals surface area contributed by atoms with Gasteiger partial charge in [-0.05, 0) is 43.2 Å². The van der Waals surface area contributed by atoms with Crippen molar-refractivity contribution in [2.75, 3.05) is 0 Å². The van der Waals surface area contributed by atoms with E-state index in [1.54, 1.807) is 0 Å². The molecule has 0 saturated carbocycles. The van der Waals surface area contributed by atoms with Gasteiger partial charge in [-0.2, -0.15) is 0 Å². The highest BCUT2D eigenvalue weighted by atomic mass is 16.1. The molecule has 2 rings (SSSR count). The van der Waals surface area contributed by atoms with Crippen molar-refractivity contribution in [2.24, 2.45) is 0 Å². The van der Waals surface area contributed by atoms with Crippen molar-refractivity contribution in [1.82, 2.24) is 0 Å². The fourth-order valence-corrected chi connectivity index (χ4v) is 3.38. The molecule has 1 atom stereocenters. The molecule has 2 aromatic carbocycles. The van der Waals surface area contributed by atoms with Crippen LogP contribution < -0.4 is 0 Å². The van der Waals surface area contributed by atoms with Gasteiger partial charge in [0, 0.05) is 12.0 Å². The first-order valence-electron chi connectivity index (χ1n) is 9.82. The van der Waals surface area contributed by atoms with Crippen LogP contribution in [0.2, 0.25) is 0 Å². The molecule has 25 heavy (non-hydrogen) atoms. The van der Waals surface area contributed by atoms with Crippen LogP contribution >= 0.6 is 0 Å². The lowest BCUT2D eigenvalue weighted by Crippen LogP contribution is -2.07. The number of Topliss-reactive ketones (excluding diaryl/α,β-unsaturated/α-hetero) is 1. The highest BCUT2D eigenvalue weighted by Crippen LogP contribution is 2.26. The number of ketones is 1. The van der Waals surface area contributed by atoms with Gasteiger partial charge in [0.15, 0.2) is 5.78 Å². The third-order valence-electron chi connectivity index (χ3n) is 5.03. The van der Waals surface area contributed by atoms with Gasteiger partial charge in [0.05, 0.1) is 0 Å². The van der Waals surface area contributed by atoms with E-state index in [1.165, 1.54) is 42.4 Å². The highest BCUT2D eigenvalue weighted by Gasteiger charge is 2.16. The first-order valence-corrected chi connectivity index (χ1v) is 9.82. The summed E-state index contributed by atoms with van der Waals surface area (Å²) in [7, 11) is 0. The molecule has 1 nitrogen and oxygen atoms in total. The van der Waals surface area contributed by atoms with Crippen LogP contribution in [0, 0.1) is 6.92 Å². The quantitative estimate of drug-likeness (QED) is 0.341. The Bertz CT molecular complexity index is 654. The van der Waals surface area contributed by atoms with E-state index in [9.17, 15) is 4.79 Å². The summed E-state index contributed by atoms with van der Waals surface area (Å²) >= 11 is 0. The molecule has 2 aromatic rings. The van der Waals surface area contributed by atoms with Gasteiger partial charge >= 0.3 is 0 Å². The van der Waals surface area contributed by atoms with Crippen LogP contribution in [0.3, 0.4) is 0 Å². The standard InChI is InChI=1S/C24H32O/c1-4-6-7-8-11-20-13-15-22(16-14-20)24(25)18-21(5-2)23-12-9-10-19(3)17-23/h9-10,12-17,21H,4-8,11,18H2,1-3H3. The molecule has 0 heterocycles. The average Bonchev–Trinajstić information content (AvgIpc) is 2.63. The van der Waals surface area contributed by atoms with Gasteiger partial charge in [0.1, 0.15) is 0 Å². The summed E-state index contributed by atoms with van der Waals surface area (Å²) in [5.74, 6) is 0.562. The number of carbonyl (C=O) groups is 1. The van der Waals surface area contributed by atoms with Crippen LogP contribution in [0.15, 0.2) is 48.5 Å². The maximum atomic E-state index is 12.7. The molecule has 0 amide bonds. The molecule has 134 valence electrons. The largest absolute Gasteiger partial charge is 0.294 e. The molecular weight excluding hydrogens is 304 g/mol. The second-order valence-electron chi connectivity index (χ2n) is 7.15. The minimum absolute atomic E-state index is 0.255. The molecular formula is C24H32O. The second-order valence-corrected chi connectivity index (χ2v) is 7.15. The highest BCUT2D eigenvalue weighted by molar-refractivity contribution is 5.96. The summed E-state index contributed by atoms with van der Waals surface area (Å²) in [4.78, 5) is 12.7. The summed E-state index contributed by atoms with van der Waals surface area (Å²) in [6.45, 7) is 6.51. The van der Waals surface area contributed by atoms with E-state index in [1.807, 2.05) is 12.1 Å². The molecule has 0 bridgehead atoms. The summed E-state index contributed by atoms with van der Waals surface area (Å²) in [6, 6.07) is 16.8. The van der Waals surface area contributed by atoms with Gasteiger partial charge in [0.25, 0.3) is 0 Å². The maximum Gasteiger partial charge on any atom is 0.163 e. The molecule has 0 aromatic heterocycles. The van der Waals surface area contributed by atoms with E-state index in [0.29, 0.717) is 12.3 Å². The van der Waals surface area contributed by atoms with E-state index in [-0.39, 0.29) is 5.78 Å². The first kappa shape index (κ1) is 19.4. The summed E-state index contributed by atoms with van der Waals surface area (Å²) < 4.78 is 0. The third kappa shape index (κ3) is 6.16. The van der Waals surface area contributed by atoms with Gasteiger partial charge in [-0.15, -0.1) is 0 Å². The van der Waals surface area contributed by atoms with E-state index in [2.05, 4.69) is 57.2 Å². The van der Waals surface area contributed by atoms with E-state index < -0.39 is 0 Å². The van der Waals surface area contributed by atoms with Crippen LogP contribution in [0.25, 0.3) is 0 Å². The summed E-state index contributed by atoms with van der Waals surface area (Å²) in [5.41, 5.74) is 4.74. The molecule has 1 unspecified atom stereocenters. The Morgan fingerprint density at radius 3 is 2.36 bits per heavy atom. The lowest BCUT2D eigenvalue weighted by molar-refractivity contribution is 0.0973. The SMILES string of the molecule is CCCCCCc1ccc(C(=O)CC(CC)c2cccc(C)c2)cc1. The molecule has 0 spiro atoms. The minimum atomic E-state index is 0.255. The van der Waals surface area contributed by atoms with Gasteiger partial charge < -0.3 is 0 Å². The molecule has 0 aliphatic rings. The van der Waals surface area contributed by atoms with Crippen LogP contribution in [-0.2, 0) is 6.42 Å². The summed E-state index contributed by atoms with van der Waals surface area (Å²) in [6.07, 6.45) is 7.83. The average molecular weight is 337 g/mol. The normalized spacial score (nSPS) is 12.1. The second kappa shape index (κ2) is 10.2. The Morgan fingerprint density at radius 1 is 0.960 bits per heavy atom. The molecule has 0 N–H and O–H groups in total. The molecule has 0 aliphatic heterocycles. The minimum Gasteiger partial charge on any atom is -0.294 e. The Labute approximate surface area is 153 Å². The molecule has 0 aliphatic carbocycles. The zero-order chi connectivity index (χ0) is 18.1. The zero-order valence-electron chi connectivity index (χ0n) is 16.1. The third-order valence-corrected chi connectivity index (χ3v) is 5.03. The predicted molar refractivity (Wildman–Crippen MR) is 107 cm³/mol. The van der Waals surface area contributed by atoms with Crippen molar-refractivity contribution in [2.45, 2.75) is 71.6 Å². The monoisotopic (exact) mass is 336 g/mol. The molecule has 0 radical (unpaired) electrons. The molecule has 0 saturated heterocycles. The topological polar surface area (TPSA) is 17.1 Å². The fraction of sp³-hybridized carbons (Fsp3) is 0.458. The number of unbranched alkanes of at least 4 members (excludes halogenated alkanes) is 3. The van der Waals surface area contributed by atoms with Gasteiger partial charge in [0.2, 0.25) is 0 Å². The predicted octanol–water partition coefficient (Wildman–Crippen LogP) is 6.88. The molecule has 0 fully saturated rings. The van der Waals surface area contributed by atoms with Crippen LogP contribution in [0.4, 0.5) is 0 Å². The van der Waals surface area contributed by atoms with Gasteiger partial charge in [-0.3, -0.25) is 4.79 Å². The number of benzene rings is 2. The lowest BCUT2D eigenvalue weighted by Gasteiger charge is -2.15. The van der Waals surface area contributed by atoms with Crippen LogP contribution in [0.5, 0.6) is 0 Å².